The summed E-state index contributed by atoms with van der Waals surface area (Å²) in [5, 5.41) is 8.89. The van der Waals surface area contributed by atoms with Crippen molar-refractivity contribution in [1.82, 2.24) is 10.2 Å². The number of halogens is 1. The molecule has 0 aliphatic rings. The van der Waals surface area contributed by atoms with E-state index in [4.69, 9.17) is 10.5 Å². The molecule has 0 aliphatic heterocycles. The Balaban J connectivity index is 2.11. The Hall–Kier alpha value is -2.14. The number of anilines is 1. The molecule has 94 valence electrons. The molecule has 0 saturated carbocycles. The fraction of sp³-hybridized carbons (Fsp3) is 0. The monoisotopic (exact) mass is 315 g/mol. The number of nitrogen functional groups attached to an aromatic ring is 1. The maximum absolute atomic E-state index is 5.92. The Labute approximate surface area is 118 Å². The van der Waals surface area contributed by atoms with Crippen molar-refractivity contribution in [3.05, 3.63) is 53.1 Å². The quantitative estimate of drug-likeness (QED) is 0.731. The second-order valence-electron chi connectivity index (χ2n) is 3.99. The van der Waals surface area contributed by atoms with Crippen LogP contribution in [0.1, 0.15) is 0 Å². The number of nitrogens with two attached hydrogens (primary N) is 1. The van der Waals surface area contributed by atoms with Crippen LogP contribution in [-0.2, 0) is 0 Å². The first-order valence-electron chi connectivity index (χ1n) is 5.68. The van der Waals surface area contributed by atoms with Gasteiger partial charge in [0, 0.05) is 5.39 Å². The van der Waals surface area contributed by atoms with E-state index in [1.165, 1.54) is 0 Å². The molecule has 1 aromatic heterocycles. The summed E-state index contributed by atoms with van der Waals surface area (Å²) in [6.45, 7) is 0. The minimum Gasteiger partial charge on any atom is -0.452 e. The highest BCUT2D eigenvalue weighted by atomic mass is 79.9. The molecule has 1 heterocycles. The normalized spacial score (nSPS) is 10.6. The van der Waals surface area contributed by atoms with E-state index in [1.807, 2.05) is 36.4 Å². The zero-order valence-electron chi connectivity index (χ0n) is 9.88. The van der Waals surface area contributed by atoms with Crippen molar-refractivity contribution >= 4 is 32.5 Å². The van der Waals surface area contributed by atoms with Gasteiger partial charge in [-0.05, 0) is 40.2 Å². The summed E-state index contributed by atoms with van der Waals surface area (Å²) in [7, 11) is 0. The van der Waals surface area contributed by atoms with Crippen molar-refractivity contribution < 1.29 is 4.74 Å². The first kappa shape index (κ1) is 11.9. The Morgan fingerprint density at radius 1 is 1.05 bits per heavy atom. The summed E-state index contributed by atoms with van der Waals surface area (Å²) in [5.74, 6) is 1.21. The van der Waals surface area contributed by atoms with Gasteiger partial charge >= 0.3 is 0 Å². The first-order chi connectivity index (χ1) is 9.25. The van der Waals surface area contributed by atoms with Crippen molar-refractivity contribution in [3.63, 3.8) is 0 Å². The van der Waals surface area contributed by atoms with Gasteiger partial charge in [-0.15, -0.1) is 0 Å². The van der Waals surface area contributed by atoms with Crippen LogP contribution < -0.4 is 10.5 Å². The van der Waals surface area contributed by atoms with Gasteiger partial charge in [0.15, 0.2) is 11.5 Å². The summed E-state index contributed by atoms with van der Waals surface area (Å²) in [5.41, 5.74) is 7.27. The van der Waals surface area contributed by atoms with E-state index in [-0.39, 0.29) is 0 Å². The van der Waals surface area contributed by atoms with E-state index < -0.39 is 0 Å². The van der Waals surface area contributed by atoms with Crippen molar-refractivity contribution in [2.24, 2.45) is 0 Å². The number of hydrogen-bond donors (Lipinski definition) is 1. The molecule has 0 spiro atoms. The lowest BCUT2D eigenvalue weighted by Gasteiger charge is -2.11. The highest BCUT2D eigenvalue weighted by Crippen LogP contribution is 2.36. The molecule has 3 aromatic rings. The average molecular weight is 316 g/mol. The van der Waals surface area contributed by atoms with E-state index in [2.05, 4.69) is 26.1 Å². The number of aromatic nitrogens is 2. The van der Waals surface area contributed by atoms with Crippen molar-refractivity contribution in [1.29, 1.82) is 0 Å². The fourth-order valence-corrected chi connectivity index (χ4v) is 2.27. The van der Waals surface area contributed by atoms with Gasteiger partial charge in [-0.3, -0.25) is 0 Å². The van der Waals surface area contributed by atoms with Gasteiger partial charge in [-0.25, -0.2) is 0 Å². The first-order valence-corrected chi connectivity index (χ1v) is 6.47. The van der Waals surface area contributed by atoms with Crippen molar-refractivity contribution in [2.75, 3.05) is 5.73 Å². The number of nitrogens with zero attached hydrogens (tertiary/aromatic N) is 2. The highest BCUT2D eigenvalue weighted by molar-refractivity contribution is 9.10. The van der Waals surface area contributed by atoms with Gasteiger partial charge < -0.3 is 10.5 Å². The van der Waals surface area contributed by atoms with Crippen LogP contribution in [0.3, 0.4) is 0 Å². The molecule has 19 heavy (non-hydrogen) atoms. The molecule has 3 rings (SSSR count). The molecule has 0 saturated heterocycles. The van der Waals surface area contributed by atoms with Crippen LogP contribution in [-0.4, -0.2) is 10.2 Å². The third kappa shape index (κ3) is 2.24. The van der Waals surface area contributed by atoms with Crippen LogP contribution >= 0.6 is 15.9 Å². The van der Waals surface area contributed by atoms with E-state index in [1.54, 1.807) is 12.3 Å². The molecular formula is C14H10BrN3O. The van der Waals surface area contributed by atoms with Gasteiger partial charge in [0.1, 0.15) is 0 Å². The van der Waals surface area contributed by atoms with Crippen LogP contribution in [0.4, 0.5) is 5.69 Å². The summed E-state index contributed by atoms with van der Waals surface area (Å²) in [4.78, 5) is 0. The highest BCUT2D eigenvalue weighted by Gasteiger charge is 2.10. The molecule has 2 aromatic carbocycles. The topological polar surface area (TPSA) is 61.0 Å². The third-order valence-electron chi connectivity index (χ3n) is 2.72. The van der Waals surface area contributed by atoms with Gasteiger partial charge in [-0.2, -0.15) is 10.2 Å². The molecule has 0 aliphatic carbocycles. The number of fused-ring (bicyclic) bond motifs is 1. The zero-order chi connectivity index (χ0) is 13.2. The Bertz CT molecular complexity index is 720. The molecule has 4 nitrogen and oxygen atoms in total. The molecular weight excluding hydrogens is 306 g/mol. The lowest BCUT2D eigenvalue weighted by Crippen LogP contribution is -1.95. The summed E-state index contributed by atoms with van der Waals surface area (Å²) < 4.78 is 6.68. The maximum Gasteiger partial charge on any atom is 0.164 e. The molecule has 2 N–H and O–H groups in total. The van der Waals surface area contributed by atoms with E-state index in [9.17, 15) is 0 Å². The van der Waals surface area contributed by atoms with Crippen LogP contribution in [0, 0.1) is 0 Å². The average Bonchev–Trinajstić information content (AvgIpc) is 2.43. The van der Waals surface area contributed by atoms with E-state index >= 15 is 0 Å². The molecule has 5 heteroatoms. The number of ether oxygens (including phenoxy) is 1. The smallest absolute Gasteiger partial charge is 0.164 e. The SMILES string of the molecule is Nc1cccc(Br)c1Oc1cnnc2ccccc12. The van der Waals surface area contributed by atoms with Gasteiger partial charge in [-0.1, -0.05) is 18.2 Å². The van der Waals surface area contributed by atoms with Crippen LogP contribution in [0.5, 0.6) is 11.5 Å². The molecule has 0 atom stereocenters. The predicted octanol–water partition coefficient (Wildman–Crippen LogP) is 3.77. The second-order valence-corrected chi connectivity index (χ2v) is 4.84. The largest absolute Gasteiger partial charge is 0.452 e. The molecule has 0 bridgehead atoms. The maximum atomic E-state index is 5.92. The molecule has 0 amide bonds. The minimum atomic E-state index is 0.565. The number of hydrogen-bond acceptors (Lipinski definition) is 4. The zero-order valence-corrected chi connectivity index (χ0v) is 11.5. The lowest BCUT2D eigenvalue weighted by molar-refractivity contribution is 0.484. The fourth-order valence-electron chi connectivity index (χ4n) is 1.81. The van der Waals surface area contributed by atoms with Gasteiger partial charge in [0.25, 0.3) is 0 Å². The lowest BCUT2D eigenvalue weighted by atomic mass is 10.2. The van der Waals surface area contributed by atoms with Crippen LogP contribution in [0.2, 0.25) is 0 Å². The standard InChI is InChI=1S/C14H10BrN3O/c15-10-5-3-6-11(16)14(10)19-13-8-17-18-12-7-2-1-4-9(12)13/h1-8H,16H2. The molecule has 0 radical (unpaired) electrons. The summed E-state index contributed by atoms with van der Waals surface area (Å²) in [6, 6.07) is 13.2. The minimum absolute atomic E-state index is 0.565. The van der Waals surface area contributed by atoms with Crippen LogP contribution in [0.25, 0.3) is 10.9 Å². The Morgan fingerprint density at radius 2 is 1.89 bits per heavy atom. The van der Waals surface area contributed by atoms with E-state index in [0.29, 0.717) is 17.2 Å². The number of benzene rings is 2. The second kappa shape index (κ2) is 4.85. The van der Waals surface area contributed by atoms with Gasteiger partial charge in [0.05, 0.1) is 21.9 Å². The number of para-hydroxylation sites is 1. The molecule has 0 unspecified atom stereocenters. The summed E-state index contributed by atoms with van der Waals surface area (Å²) in [6.07, 6.45) is 1.58. The third-order valence-corrected chi connectivity index (χ3v) is 3.34. The molecule has 0 fully saturated rings. The van der Waals surface area contributed by atoms with Crippen LogP contribution in [0.15, 0.2) is 53.1 Å². The summed E-state index contributed by atoms with van der Waals surface area (Å²) >= 11 is 3.43. The Morgan fingerprint density at radius 3 is 2.74 bits per heavy atom. The Kier molecular flexibility index (Phi) is 3.05. The van der Waals surface area contributed by atoms with Crippen molar-refractivity contribution in [3.8, 4) is 11.5 Å². The number of rotatable bonds is 2. The predicted molar refractivity (Wildman–Crippen MR) is 78.2 cm³/mol. The van der Waals surface area contributed by atoms with E-state index in [0.717, 1.165) is 15.4 Å². The van der Waals surface area contributed by atoms with Gasteiger partial charge in [0.2, 0.25) is 0 Å². The van der Waals surface area contributed by atoms with Crippen molar-refractivity contribution in [2.45, 2.75) is 0 Å².